The number of aryl methyl sites for hydroxylation is 1. The second-order valence-electron chi connectivity index (χ2n) is 5.60. The SMILES string of the molecule is CC1(C(NN)C2CCc3cccnc32)CCCS1. The third kappa shape index (κ3) is 1.96. The molecule has 1 aliphatic carbocycles. The summed E-state index contributed by atoms with van der Waals surface area (Å²) < 4.78 is 0.262. The van der Waals surface area contributed by atoms with E-state index in [-0.39, 0.29) is 4.75 Å². The lowest BCUT2D eigenvalue weighted by Crippen LogP contribution is -2.51. The minimum Gasteiger partial charge on any atom is -0.271 e. The molecule has 2 aliphatic rings. The Hall–Kier alpha value is -0.580. The van der Waals surface area contributed by atoms with Crippen LogP contribution < -0.4 is 11.3 Å². The molecule has 3 atom stereocenters. The van der Waals surface area contributed by atoms with Gasteiger partial charge in [0.1, 0.15) is 0 Å². The highest BCUT2D eigenvalue weighted by Crippen LogP contribution is 2.47. The highest BCUT2D eigenvalue weighted by Gasteiger charge is 2.44. The van der Waals surface area contributed by atoms with Gasteiger partial charge in [-0.15, -0.1) is 0 Å². The molecule has 0 spiro atoms. The van der Waals surface area contributed by atoms with Crippen LogP contribution in [0.5, 0.6) is 0 Å². The number of nitrogens with one attached hydrogen (secondary N) is 1. The average Bonchev–Trinajstić information content (AvgIpc) is 2.99. The molecule has 0 amide bonds. The smallest absolute Gasteiger partial charge is 0.0483 e. The van der Waals surface area contributed by atoms with Gasteiger partial charge in [-0.05, 0) is 50.0 Å². The second kappa shape index (κ2) is 4.83. The molecule has 4 heteroatoms. The number of hydrogen-bond acceptors (Lipinski definition) is 4. The minimum absolute atomic E-state index is 0.262. The van der Waals surface area contributed by atoms with Crippen molar-refractivity contribution in [3.63, 3.8) is 0 Å². The Morgan fingerprint density at radius 2 is 2.50 bits per heavy atom. The highest BCUT2D eigenvalue weighted by atomic mass is 32.2. The lowest BCUT2D eigenvalue weighted by molar-refractivity contribution is 0.345. The molecule has 1 aromatic heterocycles. The molecule has 1 aliphatic heterocycles. The fourth-order valence-electron chi connectivity index (χ4n) is 3.53. The van der Waals surface area contributed by atoms with E-state index in [0.29, 0.717) is 12.0 Å². The number of thioether (sulfide) groups is 1. The van der Waals surface area contributed by atoms with Crippen molar-refractivity contribution in [3.05, 3.63) is 29.6 Å². The highest BCUT2D eigenvalue weighted by molar-refractivity contribution is 8.00. The zero-order valence-corrected chi connectivity index (χ0v) is 11.7. The summed E-state index contributed by atoms with van der Waals surface area (Å²) in [6.07, 6.45) is 6.80. The van der Waals surface area contributed by atoms with Crippen molar-refractivity contribution >= 4 is 11.8 Å². The molecule has 0 saturated carbocycles. The number of hydrogen-bond donors (Lipinski definition) is 2. The van der Waals surface area contributed by atoms with Crippen molar-refractivity contribution < 1.29 is 0 Å². The Labute approximate surface area is 113 Å². The van der Waals surface area contributed by atoms with Crippen LogP contribution in [-0.2, 0) is 6.42 Å². The first-order chi connectivity index (χ1) is 8.74. The van der Waals surface area contributed by atoms with E-state index in [4.69, 9.17) is 5.84 Å². The van der Waals surface area contributed by atoms with Crippen LogP contribution >= 0.6 is 11.8 Å². The first-order valence-electron chi connectivity index (χ1n) is 6.78. The lowest BCUT2D eigenvalue weighted by atomic mass is 9.85. The van der Waals surface area contributed by atoms with Crippen LogP contribution in [0.25, 0.3) is 0 Å². The van der Waals surface area contributed by atoms with Crippen LogP contribution in [0.2, 0.25) is 0 Å². The van der Waals surface area contributed by atoms with E-state index in [1.807, 2.05) is 12.3 Å². The van der Waals surface area contributed by atoms with E-state index in [1.54, 1.807) is 0 Å². The molecule has 0 aromatic carbocycles. The van der Waals surface area contributed by atoms with Gasteiger partial charge in [-0.2, -0.15) is 11.8 Å². The molecular weight excluding hydrogens is 242 g/mol. The van der Waals surface area contributed by atoms with E-state index in [0.717, 1.165) is 6.42 Å². The van der Waals surface area contributed by atoms with Crippen LogP contribution in [0.3, 0.4) is 0 Å². The van der Waals surface area contributed by atoms with Crippen molar-refractivity contribution in [1.82, 2.24) is 10.4 Å². The Kier molecular flexibility index (Phi) is 3.34. The summed E-state index contributed by atoms with van der Waals surface area (Å²) in [4.78, 5) is 4.61. The number of rotatable bonds is 3. The molecule has 98 valence electrons. The first kappa shape index (κ1) is 12.5. The summed E-state index contributed by atoms with van der Waals surface area (Å²) >= 11 is 2.07. The van der Waals surface area contributed by atoms with Crippen LogP contribution in [0.15, 0.2) is 18.3 Å². The van der Waals surface area contributed by atoms with Gasteiger partial charge in [-0.1, -0.05) is 6.07 Å². The van der Waals surface area contributed by atoms with Crippen LogP contribution in [0.1, 0.15) is 43.4 Å². The molecule has 3 unspecified atom stereocenters. The van der Waals surface area contributed by atoms with Gasteiger partial charge in [0.05, 0.1) is 0 Å². The van der Waals surface area contributed by atoms with Gasteiger partial charge in [-0.25, -0.2) is 0 Å². The molecule has 18 heavy (non-hydrogen) atoms. The topological polar surface area (TPSA) is 50.9 Å². The molecule has 1 aromatic rings. The Balaban J connectivity index is 1.90. The van der Waals surface area contributed by atoms with Gasteiger partial charge in [0.25, 0.3) is 0 Å². The van der Waals surface area contributed by atoms with Gasteiger partial charge in [0.2, 0.25) is 0 Å². The Bertz CT molecular complexity index is 429. The van der Waals surface area contributed by atoms with E-state index in [1.165, 1.54) is 36.3 Å². The monoisotopic (exact) mass is 263 g/mol. The summed E-state index contributed by atoms with van der Waals surface area (Å²) in [7, 11) is 0. The van der Waals surface area contributed by atoms with Crippen molar-refractivity contribution in [1.29, 1.82) is 0 Å². The van der Waals surface area contributed by atoms with Crippen molar-refractivity contribution in [2.75, 3.05) is 5.75 Å². The van der Waals surface area contributed by atoms with Gasteiger partial charge in [-0.3, -0.25) is 16.3 Å². The standard InChI is InChI=1S/C14H21N3S/c1-14(7-3-9-18-14)13(17-15)11-6-5-10-4-2-8-16-12(10)11/h2,4,8,11,13,17H,3,5-7,9,15H2,1H3. The maximum atomic E-state index is 5.88. The van der Waals surface area contributed by atoms with Crippen LogP contribution in [0, 0.1) is 0 Å². The molecule has 0 bridgehead atoms. The minimum atomic E-state index is 0.262. The Morgan fingerprint density at radius 1 is 1.61 bits per heavy atom. The lowest BCUT2D eigenvalue weighted by Gasteiger charge is -2.37. The molecule has 3 nitrogen and oxygen atoms in total. The first-order valence-corrected chi connectivity index (χ1v) is 7.77. The van der Waals surface area contributed by atoms with Crippen molar-refractivity contribution in [2.24, 2.45) is 5.84 Å². The van der Waals surface area contributed by atoms with Crippen LogP contribution in [-0.4, -0.2) is 21.5 Å². The second-order valence-corrected chi connectivity index (χ2v) is 7.23. The normalized spacial score (nSPS) is 32.4. The molecule has 1 fully saturated rings. The fraction of sp³-hybridized carbons (Fsp3) is 0.643. The fourth-order valence-corrected chi connectivity index (χ4v) is 4.99. The number of nitrogens with zero attached hydrogens (tertiary/aromatic N) is 1. The predicted molar refractivity (Wildman–Crippen MR) is 76.5 cm³/mol. The maximum absolute atomic E-state index is 5.88. The zero-order chi connectivity index (χ0) is 12.6. The number of hydrazine groups is 1. The summed E-state index contributed by atoms with van der Waals surface area (Å²) in [5, 5.41) is 0. The molecule has 3 rings (SSSR count). The quantitative estimate of drug-likeness (QED) is 0.648. The maximum Gasteiger partial charge on any atom is 0.0483 e. The molecule has 2 heterocycles. The van der Waals surface area contributed by atoms with E-state index in [2.05, 4.69) is 35.2 Å². The molecule has 0 radical (unpaired) electrons. The van der Waals surface area contributed by atoms with E-state index in [9.17, 15) is 0 Å². The summed E-state index contributed by atoms with van der Waals surface area (Å²) in [5.74, 6) is 7.62. The van der Waals surface area contributed by atoms with Crippen LogP contribution in [0.4, 0.5) is 0 Å². The number of fused-ring (bicyclic) bond motifs is 1. The van der Waals surface area contributed by atoms with E-state index >= 15 is 0 Å². The molecular formula is C14H21N3S. The van der Waals surface area contributed by atoms with E-state index < -0.39 is 0 Å². The Morgan fingerprint density at radius 3 is 3.22 bits per heavy atom. The molecule has 1 saturated heterocycles. The average molecular weight is 263 g/mol. The van der Waals surface area contributed by atoms with Crippen molar-refractivity contribution in [3.8, 4) is 0 Å². The van der Waals surface area contributed by atoms with Gasteiger partial charge >= 0.3 is 0 Å². The number of aromatic nitrogens is 1. The van der Waals surface area contributed by atoms with Gasteiger partial charge in [0, 0.05) is 28.6 Å². The van der Waals surface area contributed by atoms with Gasteiger partial charge < -0.3 is 0 Å². The van der Waals surface area contributed by atoms with Crippen molar-refractivity contribution in [2.45, 2.75) is 49.3 Å². The van der Waals surface area contributed by atoms with Gasteiger partial charge in [0.15, 0.2) is 0 Å². The largest absolute Gasteiger partial charge is 0.271 e. The third-order valence-electron chi connectivity index (χ3n) is 4.49. The predicted octanol–water partition coefficient (Wildman–Crippen LogP) is 2.23. The third-order valence-corrected chi connectivity index (χ3v) is 6.10. The summed E-state index contributed by atoms with van der Waals surface area (Å²) in [6.45, 7) is 2.36. The summed E-state index contributed by atoms with van der Waals surface area (Å²) in [6, 6.07) is 4.58. The summed E-state index contributed by atoms with van der Waals surface area (Å²) in [5.41, 5.74) is 5.79. The molecule has 3 N–H and O–H groups in total. The zero-order valence-electron chi connectivity index (χ0n) is 10.9. The number of nitrogens with two attached hydrogens (primary N) is 1. The number of pyridine rings is 1.